The van der Waals surface area contributed by atoms with E-state index >= 15 is 0 Å². The number of amides is 2. The summed E-state index contributed by atoms with van der Waals surface area (Å²) in [4.78, 5) is 68.9. The minimum absolute atomic E-state index is 0.0129. The topological polar surface area (TPSA) is 145 Å². The average molecular weight is 430 g/mol. The molecule has 0 saturated carbocycles. The Morgan fingerprint density at radius 1 is 1.10 bits per heavy atom. The standard InChI is InChI=1S/C18H26N2O8S/c1-11(21)8-12(22)9-14(24)29-7-6-19-13(23)4-5-20-16(25)15-18(2,3)10-27-17(26)28-15/h15H,4-10H2,1-3H3,(H,19,23)(H,20,25)/t15-/m0/s1. The van der Waals surface area contributed by atoms with Crippen molar-refractivity contribution in [3.05, 3.63) is 0 Å². The molecule has 0 aliphatic carbocycles. The molecule has 0 bridgehead atoms. The Labute approximate surface area is 172 Å². The zero-order chi connectivity index (χ0) is 22.0. The van der Waals surface area contributed by atoms with E-state index in [0.717, 1.165) is 11.8 Å². The average Bonchev–Trinajstić information content (AvgIpc) is 2.60. The fourth-order valence-corrected chi connectivity index (χ4v) is 3.10. The molecule has 29 heavy (non-hydrogen) atoms. The number of hydrogen-bond acceptors (Lipinski definition) is 9. The second kappa shape index (κ2) is 11.5. The Morgan fingerprint density at radius 2 is 1.79 bits per heavy atom. The van der Waals surface area contributed by atoms with Crippen LogP contribution in [0.5, 0.6) is 0 Å². The minimum Gasteiger partial charge on any atom is -0.434 e. The summed E-state index contributed by atoms with van der Waals surface area (Å²) >= 11 is 0.905. The third-order valence-electron chi connectivity index (χ3n) is 3.85. The molecule has 0 aromatic heterocycles. The molecule has 1 rings (SSSR count). The van der Waals surface area contributed by atoms with Gasteiger partial charge in [-0.3, -0.25) is 24.0 Å². The van der Waals surface area contributed by atoms with Gasteiger partial charge in [0.05, 0.1) is 12.8 Å². The summed E-state index contributed by atoms with van der Waals surface area (Å²) in [5, 5.41) is 4.79. The molecule has 1 aliphatic rings. The van der Waals surface area contributed by atoms with Gasteiger partial charge in [0.1, 0.15) is 18.2 Å². The van der Waals surface area contributed by atoms with E-state index in [1.54, 1.807) is 13.8 Å². The highest BCUT2D eigenvalue weighted by atomic mass is 32.2. The largest absolute Gasteiger partial charge is 0.509 e. The van der Waals surface area contributed by atoms with E-state index in [4.69, 9.17) is 9.47 Å². The molecule has 1 fully saturated rings. The number of nitrogens with one attached hydrogen (secondary N) is 2. The number of carbonyl (C=O) groups is 6. The number of hydrogen-bond donors (Lipinski definition) is 2. The maximum absolute atomic E-state index is 12.2. The Bertz CT molecular complexity index is 677. The van der Waals surface area contributed by atoms with Gasteiger partial charge in [-0.2, -0.15) is 0 Å². The molecular weight excluding hydrogens is 404 g/mol. The summed E-state index contributed by atoms with van der Waals surface area (Å²) in [6.07, 6.45) is -2.45. The lowest BCUT2D eigenvalue weighted by atomic mass is 9.86. The molecule has 0 unspecified atom stereocenters. The normalized spacial score (nSPS) is 17.5. The monoisotopic (exact) mass is 430 g/mol. The van der Waals surface area contributed by atoms with Crippen LogP contribution in [-0.2, 0) is 33.4 Å². The molecule has 0 aromatic rings. The van der Waals surface area contributed by atoms with Gasteiger partial charge in [0.15, 0.2) is 11.2 Å². The van der Waals surface area contributed by atoms with Crippen molar-refractivity contribution in [3.8, 4) is 0 Å². The van der Waals surface area contributed by atoms with Crippen molar-refractivity contribution in [3.63, 3.8) is 0 Å². The van der Waals surface area contributed by atoms with E-state index in [0.29, 0.717) is 0 Å². The quantitative estimate of drug-likeness (QED) is 0.270. The molecule has 1 aliphatic heterocycles. The molecule has 1 saturated heterocycles. The van der Waals surface area contributed by atoms with Crippen molar-refractivity contribution in [1.29, 1.82) is 0 Å². The van der Waals surface area contributed by atoms with Crippen LogP contribution in [0.4, 0.5) is 4.79 Å². The highest BCUT2D eigenvalue weighted by Crippen LogP contribution is 2.28. The summed E-state index contributed by atoms with van der Waals surface area (Å²) < 4.78 is 9.68. The smallest absolute Gasteiger partial charge is 0.434 e. The van der Waals surface area contributed by atoms with Crippen LogP contribution in [0, 0.1) is 5.41 Å². The first-order valence-corrected chi connectivity index (χ1v) is 10.0. The van der Waals surface area contributed by atoms with Gasteiger partial charge in [-0.1, -0.05) is 25.6 Å². The maximum atomic E-state index is 12.2. The van der Waals surface area contributed by atoms with Gasteiger partial charge in [0.25, 0.3) is 5.91 Å². The lowest BCUT2D eigenvalue weighted by molar-refractivity contribution is -0.149. The first kappa shape index (κ1) is 24.6. The first-order chi connectivity index (χ1) is 13.5. The van der Waals surface area contributed by atoms with E-state index in [1.165, 1.54) is 6.92 Å². The van der Waals surface area contributed by atoms with Crippen LogP contribution >= 0.6 is 11.8 Å². The Hall–Kier alpha value is -2.43. The van der Waals surface area contributed by atoms with Crippen LogP contribution in [0.15, 0.2) is 0 Å². The van der Waals surface area contributed by atoms with Crippen molar-refractivity contribution < 1.29 is 38.2 Å². The predicted molar refractivity (Wildman–Crippen MR) is 103 cm³/mol. The fraction of sp³-hybridized carbons (Fsp3) is 0.667. The number of thioether (sulfide) groups is 1. The number of Topliss-reactive ketones (excluding diaryl/α,β-unsaturated/α-hetero) is 2. The van der Waals surface area contributed by atoms with Crippen LogP contribution in [0.3, 0.4) is 0 Å². The zero-order valence-corrected chi connectivity index (χ0v) is 17.5. The summed E-state index contributed by atoms with van der Waals surface area (Å²) in [6, 6.07) is 0. The lowest BCUT2D eigenvalue weighted by Crippen LogP contribution is -2.52. The number of cyclic esters (lactones) is 2. The van der Waals surface area contributed by atoms with Gasteiger partial charge in [-0.15, -0.1) is 0 Å². The number of ether oxygens (including phenoxy) is 2. The van der Waals surface area contributed by atoms with Crippen LogP contribution in [0.25, 0.3) is 0 Å². The minimum atomic E-state index is -1.00. The predicted octanol–water partition coefficient (Wildman–Crippen LogP) is 0.369. The SMILES string of the molecule is CC(=O)CC(=O)CC(=O)SCCNC(=O)CCNC(=O)[C@@H]1OC(=O)OCC1(C)C. The highest BCUT2D eigenvalue weighted by molar-refractivity contribution is 8.13. The lowest BCUT2D eigenvalue weighted by Gasteiger charge is -2.35. The molecule has 11 heteroatoms. The van der Waals surface area contributed by atoms with Crippen molar-refractivity contribution >= 4 is 46.4 Å². The molecule has 2 N–H and O–H groups in total. The molecule has 0 aromatic carbocycles. The van der Waals surface area contributed by atoms with Crippen molar-refractivity contribution in [1.82, 2.24) is 10.6 Å². The van der Waals surface area contributed by atoms with Crippen LogP contribution < -0.4 is 10.6 Å². The van der Waals surface area contributed by atoms with Crippen LogP contribution in [0.1, 0.15) is 40.0 Å². The molecule has 162 valence electrons. The molecule has 10 nitrogen and oxygen atoms in total. The van der Waals surface area contributed by atoms with Gasteiger partial charge in [0, 0.05) is 30.7 Å². The highest BCUT2D eigenvalue weighted by Gasteiger charge is 2.43. The molecule has 0 spiro atoms. The zero-order valence-electron chi connectivity index (χ0n) is 16.7. The van der Waals surface area contributed by atoms with Gasteiger partial charge >= 0.3 is 6.16 Å². The van der Waals surface area contributed by atoms with Gasteiger partial charge in [-0.25, -0.2) is 4.79 Å². The van der Waals surface area contributed by atoms with Gasteiger partial charge in [0.2, 0.25) is 5.91 Å². The summed E-state index contributed by atoms with van der Waals surface area (Å²) in [6.45, 7) is 5.06. The second-order valence-corrected chi connectivity index (χ2v) is 8.38. The van der Waals surface area contributed by atoms with E-state index in [1.807, 2.05) is 0 Å². The third-order valence-corrected chi connectivity index (χ3v) is 4.72. The number of carbonyl (C=O) groups excluding carboxylic acids is 6. The van der Waals surface area contributed by atoms with E-state index in [2.05, 4.69) is 10.6 Å². The summed E-state index contributed by atoms with van der Waals surface area (Å²) in [5.74, 6) is -1.25. The molecule has 1 heterocycles. The van der Waals surface area contributed by atoms with Crippen molar-refractivity contribution in [2.24, 2.45) is 5.41 Å². The maximum Gasteiger partial charge on any atom is 0.509 e. The van der Waals surface area contributed by atoms with E-state index in [9.17, 15) is 28.8 Å². The Balaban J connectivity index is 2.18. The number of rotatable bonds is 11. The third kappa shape index (κ3) is 9.55. The molecule has 1 atom stereocenters. The molecule has 0 radical (unpaired) electrons. The molecular formula is C18H26N2O8S. The summed E-state index contributed by atoms with van der Waals surface area (Å²) in [5.41, 5.74) is -0.685. The summed E-state index contributed by atoms with van der Waals surface area (Å²) in [7, 11) is 0. The second-order valence-electron chi connectivity index (χ2n) is 7.23. The van der Waals surface area contributed by atoms with Gasteiger partial charge in [-0.05, 0) is 6.92 Å². The van der Waals surface area contributed by atoms with Crippen LogP contribution in [0.2, 0.25) is 0 Å². The number of ketones is 2. The molecule has 2 amide bonds. The van der Waals surface area contributed by atoms with Gasteiger partial charge < -0.3 is 20.1 Å². The van der Waals surface area contributed by atoms with E-state index < -0.39 is 29.4 Å². The van der Waals surface area contributed by atoms with Crippen molar-refractivity contribution in [2.75, 3.05) is 25.4 Å². The first-order valence-electron chi connectivity index (χ1n) is 9.06. The van der Waals surface area contributed by atoms with E-state index in [-0.39, 0.29) is 61.5 Å². The fourth-order valence-electron chi connectivity index (χ4n) is 2.41. The Morgan fingerprint density at radius 3 is 2.45 bits per heavy atom. The van der Waals surface area contributed by atoms with Crippen LogP contribution in [-0.4, -0.2) is 66.2 Å². The van der Waals surface area contributed by atoms with Crippen molar-refractivity contribution in [2.45, 2.75) is 46.1 Å². The Kier molecular flexibility index (Phi) is 9.79.